The van der Waals surface area contributed by atoms with Crippen LogP contribution in [0.2, 0.25) is 0 Å². The van der Waals surface area contributed by atoms with Crippen LogP contribution in [0.5, 0.6) is 0 Å². The van der Waals surface area contributed by atoms with Gasteiger partial charge in [0, 0.05) is 30.9 Å². The van der Waals surface area contributed by atoms with Crippen LogP contribution in [0.4, 0.5) is 5.69 Å². The van der Waals surface area contributed by atoms with E-state index in [1.807, 2.05) is 24.3 Å². The smallest absolute Gasteiger partial charge is 0.338 e. The standard InChI is InChI=1S/C21H24N2O4/c1-2-27-21(25)18-4-3-5-19(14-18)22-20(24)17-8-6-16(7-9-17)15-23-10-12-26-13-11-23/h3-9,14H,2,10-13,15H2,1H3,(H,22,24). The Bertz CT molecular complexity index is 783. The first-order valence-electron chi connectivity index (χ1n) is 9.13. The lowest BCUT2D eigenvalue weighted by Gasteiger charge is -2.26. The molecule has 2 aromatic rings. The number of carbonyl (C=O) groups excluding carboxylic acids is 2. The fraction of sp³-hybridized carbons (Fsp3) is 0.333. The minimum atomic E-state index is -0.402. The fourth-order valence-electron chi connectivity index (χ4n) is 2.92. The minimum absolute atomic E-state index is 0.214. The quantitative estimate of drug-likeness (QED) is 0.794. The molecule has 0 aromatic heterocycles. The van der Waals surface area contributed by atoms with E-state index in [0.717, 1.165) is 38.4 Å². The Hall–Kier alpha value is -2.70. The largest absolute Gasteiger partial charge is 0.462 e. The van der Waals surface area contributed by atoms with Crippen LogP contribution in [-0.2, 0) is 16.0 Å². The van der Waals surface area contributed by atoms with Crippen LogP contribution in [0, 0.1) is 0 Å². The number of amides is 1. The molecule has 0 unspecified atom stereocenters. The summed E-state index contributed by atoms with van der Waals surface area (Å²) in [5, 5.41) is 2.82. The monoisotopic (exact) mass is 368 g/mol. The van der Waals surface area contributed by atoms with E-state index in [2.05, 4.69) is 10.2 Å². The molecule has 3 rings (SSSR count). The summed E-state index contributed by atoms with van der Waals surface area (Å²) in [6, 6.07) is 14.3. The predicted molar refractivity (Wildman–Crippen MR) is 103 cm³/mol. The third-order valence-electron chi connectivity index (χ3n) is 4.36. The Morgan fingerprint density at radius 2 is 1.81 bits per heavy atom. The SMILES string of the molecule is CCOC(=O)c1cccc(NC(=O)c2ccc(CN3CCOCC3)cc2)c1. The molecule has 1 aliphatic heterocycles. The van der Waals surface area contributed by atoms with Crippen molar-refractivity contribution in [3.8, 4) is 0 Å². The van der Waals surface area contributed by atoms with E-state index in [4.69, 9.17) is 9.47 Å². The molecule has 1 fully saturated rings. The highest BCUT2D eigenvalue weighted by Crippen LogP contribution is 2.15. The highest BCUT2D eigenvalue weighted by atomic mass is 16.5. The molecule has 2 aromatic carbocycles. The van der Waals surface area contributed by atoms with Crippen LogP contribution in [0.3, 0.4) is 0 Å². The Labute approximate surface area is 159 Å². The first-order valence-corrected chi connectivity index (χ1v) is 9.13. The fourth-order valence-corrected chi connectivity index (χ4v) is 2.92. The second-order valence-corrected chi connectivity index (χ2v) is 6.34. The van der Waals surface area contributed by atoms with Gasteiger partial charge in [-0.3, -0.25) is 9.69 Å². The van der Waals surface area contributed by atoms with Gasteiger partial charge in [-0.15, -0.1) is 0 Å². The summed E-state index contributed by atoms with van der Waals surface area (Å²) in [5.41, 5.74) is 2.71. The number of benzene rings is 2. The molecule has 27 heavy (non-hydrogen) atoms. The Morgan fingerprint density at radius 1 is 1.07 bits per heavy atom. The van der Waals surface area contributed by atoms with E-state index in [0.29, 0.717) is 23.4 Å². The van der Waals surface area contributed by atoms with Gasteiger partial charge < -0.3 is 14.8 Å². The number of nitrogens with zero attached hydrogens (tertiary/aromatic N) is 1. The molecular weight excluding hydrogens is 344 g/mol. The van der Waals surface area contributed by atoms with Gasteiger partial charge in [-0.2, -0.15) is 0 Å². The van der Waals surface area contributed by atoms with Gasteiger partial charge in [0.1, 0.15) is 0 Å². The van der Waals surface area contributed by atoms with Crippen molar-refractivity contribution in [3.63, 3.8) is 0 Å². The topological polar surface area (TPSA) is 67.9 Å². The number of nitrogens with one attached hydrogen (secondary N) is 1. The van der Waals surface area contributed by atoms with Gasteiger partial charge in [-0.1, -0.05) is 18.2 Å². The second kappa shape index (κ2) is 9.30. The van der Waals surface area contributed by atoms with Crippen molar-refractivity contribution in [2.24, 2.45) is 0 Å². The van der Waals surface area contributed by atoms with Gasteiger partial charge in [0.25, 0.3) is 5.91 Å². The maximum absolute atomic E-state index is 12.5. The summed E-state index contributed by atoms with van der Waals surface area (Å²) in [6.07, 6.45) is 0. The Balaban J connectivity index is 1.60. The second-order valence-electron chi connectivity index (χ2n) is 6.34. The van der Waals surface area contributed by atoms with E-state index in [1.165, 1.54) is 0 Å². The molecule has 6 nitrogen and oxygen atoms in total. The number of hydrogen-bond donors (Lipinski definition) is 1. The maximum Gasteiger partial charge on any atom is 0.338 e. The van der Waals surface area contributed by atoms with E-state index >= 15 is 0 Å². The molecule has 6 heteroatoms. The van der Waals surface area contributed by atoms with Gasteiger partial charge in [0.15, 0.2) is 0 Å². The summed E-state index contributed by atoms with van der Waals surface area (Å²) >= 11 is 0. The van der Waals surface area contributed by atoms with E-state index in [-0.39, 0.29) is 5.91 Å². The molecule has 0 aliphatic carbocycles. The zero-order chi connectivity index (χ0) is 19.1. The molecular formula is C21H24N2O4. The van der Waals surface area contributed by atoms with Gasteiger partial charge in [0.05, 0.1) is 25.4 Å². The average Bonchev–Trinajstić information content (AvgIpc) is 2.70. The number of anilines is 1. The zero-order valence-electron chi connectivity index (χ0n) is 15.4. The van der Waals surface area contributed by atoms with Crippen molar-refractivity contribution in [1.82, 2.24) is 4.90 Å². The molecule has 1 amide bonds. The van der Waals surface area contributed by atoms with Crippen molar-refractivity contribution >= 4 is 17.6 Å². The third-order valence-corrected chi connectivity index (χ3v) is 4.36. The summed E-state index contributed by atoms with van der Waals surface area (Å²) in [5.74, 6) is -0.616. The Morgan fingerprint density at radius 3 is 2.52 bits per heavy atom. The van der Waals surface area contributed by atoms with Crippen LogP contribution in [-0.4, -0.2) is 49.7 Å². The summed E-state index contributed by atoms with van der Waals surface area (Å²) in [7, 11) is 0. The van der Waals surface area contributed by atoms with Gasteiger partial charge in [-0.05, 0) is 42.8 Å². The lowest BCUT2D eigenvalue weighted by atomic mass is 10.1. The lowest BCUT2D eigenvalue weighted by molar-refractivity contribution is 0.0342. The van der Waals surface area contributed by atoms with Crippen LogP contribution in [0.15, 0.2) is 48.5 Å². The number of ether oxygens (including phenoxy) is 2. The van der Waals surface area contributed by atoms with Crippen LogP contribution in [0.25, 0.3) is 0 Å². The van der Waals surface area contributed by atoms with Crippen LogP contribution < -0.4 is 5.32 Å². The molecule has 0 radical (unpaired) electrons. The first-order chi connectivity index (χ1) is 13.2. The van der Waals surface area contributed by atoms with Crippen molar-refractivity contribution in [3.05, 3.63) is 65.2 Å². The van der Waals surface area contributed by atoms with Crippen LogP contribution >= 0.6 is 0 Å². The number of esters is 1. The molecule has 1 N–H and O–H groups in total. The molecule has 142 valence electrons. The highest BCUT2D eigenvalue weighted by Gasteiger charge is 2.12. The summed E-state index contributed by atoms with van der Waals surface area (Å²) in [4.78, 5) is 26.6. The lowest BCUT2D eigenvalue weighted by Crippen LogP contribution is -2.35. The van der Waals surface area contributed by atoms with Crippen molar-refractivity contribution < 1.29 is 19.1 Å². The third kappa shape index (κ3) is 5.39. The average molecular weight is 368 g/mol. The highest BCUT2D eigenvalue weighted by molar-refractivity contribution is 6.04. The molecule has 1 aliphatic rings. The number of carbonyl (C=O) groups is 2. The van der Waals surface area contributed by atoms with Crippen molar-refractivity contribution in [2.45, 2.75) is 13.5 Å². The van der Waals surface area contributed by atoms with Gasteiger partial charge in [-0.25, -0.2) is 4.79 Å². The zero-order valence-corrected chi connectivity index (χ0v) is 15.4. The first kappa shape index (κ1) is 19.1. The molecule has 0 bridgehead atoms. The Kier molecular flexibility index (Phi) is 6.57. The molecule has 1 heterocycles. The molecule has 1 saturated heterocycles. The normalized spacial score (nSPS) is 14.6. The minimum Gasteiger partial charge on any atom is -0.462 e. The number of hydrogen-bond acceptors (Lipinski definition) is 5. The van der Waals surface area contributed by atoms with E-state index in [1.54, 1.807) is 31.2 Å². The van der Waals surface area contributed by atoms with E-state index in [9.17, 15) is 9.59 Å². The maximum atomic E-state index is 12.5. The molecule has 0 atom stereocenters. The van der Waals surface area contributed by atoms with Gasteiger partial charge >= 0.3 is 5.97 Å². The summed E-state index contributed by atoms with van der Waals surface area (Å²) < 4.78 is 10.3. The molecule has 0 spiro atoms. The number of rotatable bonds is 6. The van der Waals surface area contributed by atoms with Crippen molar-refractivity contribution in [1.29, 1.82) is 0 Å². The van der Waals surface area contributed by atoms with Crippen molar-refractivity contribution in [2.75, 3.05) is 38.2 Å². The van der Waals surface area contributed by atoms with E-state index < -0.39 is 5.97 Å². The summed E-state index contributed by atoms with van der Waals surface area (Å²) in [6.45, 7) is 6.32. The van der Waals surface area contributed by atoms with Crippen LogP contribution in [0.1, 0.15) is 33.2 Å². The predicted octanol–water partition coefficient (Wildman–Crippen LogP) is 2.95. The van der Waals surface area contributed by atoms with Gasteiger partial charge in [0.2, 0.25) is 0 Å². The molecule has 0 saturated carbocycles. The number of morpholine rings is 1.